The van der Waals surface area contributed by atoms with Crippen LogP contribution in [-0.2, 0) is 0 Å². The first kappa shape index (κ1) is 14.6. The molecular formula is C17H29NO. The maximum absolute atomic E-state index is 5.31. The molecule has 1 N–H and O–H groups in total. The third-order valence-electron chi connectivity index (χ3n) is 4.55. The van der Waals surface area contributed by atoms with E-state index in [1.807, 2.05) is 12.5 Å². The summed E-state index contributed by atoms with van der Waals surface area (Å²) in [6.07, 6.45) is 9.14. The van der Waals surface area contributed by atoms with Crippen molar-refractivity contribution in [3.63, 3.8) is 0 Å². The largest absolute Gasteiger partial charge is 0.472 e. The van der Waals surface area contributed by atoms with E-state index in [4.69, 9.17) is 4.42 Å². The van der Waals surface area contributed by atoms with Gasteiger partial charge in [-0.1, -0.05) is 19.8 Å². The number of hydrogen-bond donors (Lipinski definition) is 1. The summed E-state index contributed by atoms with van der Waals surface area (Å²) in [6.45, 7) is 10.2. The van der Waals surface area contributed by atoms with E-state index < -0.39 is 0 Å². The van der Waals surface area contributed by atoms with E-state index in [-0.39, 0.29) is 5.54 Å². The summed E-state index contributed by atoms with van der Waals surface area (Å²) in [5.74, 6) is 2.32. The SMILES string of the molecule is CCC1CCC(CNC(C)(C)C)C(c2ccoc2)C1. The third kappa shape index (κ3) is 4.10. The van der Waals surface area contributed by atoms with Crippen LogP contribution in [0.3, 0.4) is 0 Å². The van der Waals surface area contributed by atoms with Gasteiger partial charge in [0.15, 0.2) is 0 Å². The van der Waals surface area contributed by atoms with Gasteiger partial charge in [0.05, 0.1) is 12.5 Å². The average molecular weight is 263 g/mol. The monoisotopic (exact) mass is 263 g/mol. The molecule has 0 bridgehead atoms. The van der Waals surface area contributed by atoms with E-state index in [9.17, 15) is 0 Å². The summed E-state index contributed by atoms with van der Waals surface area (Å²) in [5.41, 5.74) is 1.61. The zero-order valence-electron chi connectivity index (χ0n) is 12.9. The van der Waals surface area contributed by atoms with Gasteiger partial charge in [0.25, 0.3) is 0 Å². The highest BCUT2D eigenvalue weighted by molar-refractivity contribution is 5.15. The summed E-state index contributed by atoms with van der Waals surface area (Å²) in [6, 6.07) is 2.16. The normalized spacial score (nSPS) is 28.5. The minimum Gasteiger partial charge on any atom is -0.472 e. The van der Waals surface area contributed by atoms with Crippen LogP contribution in [0.5, 0.6) is 0 Å². The van der Waals surface area contributed by atoms with Gasteiger partial charge in [-0.15, -0.1) is 0 Å². The molecule has 1 saturated carbocycles. The fourth-order valence-corrected chi connectivity index (χ4v) is 3.27. The fraction of sp³-hybridized carbons (Fsp3) is 0.765. The van der Waals surface area contributed by atoms with E-state index in [0.29, 0.717) is 5.92 Å². The molecule has 1 aromatic heterocycles. The van der Waals surface area contributed by atoms with Crippen molar-refractivity contribution in [1.82, 2.24) is 5.32 Å². The minimum absolute atomic E-state index is 0.211. The topological polar surface area (TPSA) is 25.2 Å². The van der Waals surface area contributed by atoms with Crippen LogP contribution < -0.4 is 5.32 Å². The molecule has 1 fully saturated rings. The van der Waals surface area contributed by atoms with Gasteiger partial charge in [-0.2, -0.15) is 0 Å². The van der Waals surface area contributed by atoms with Gasteiger partial charge in [0, 0.05) is 5.54 Å². The first-order chi connectivity index (χ1) is 8.99. The van der Waals surface area contributed by atoms with Gasteiger partial charge in [-0.05, 0) is 69.5 Å². The van der Waals surface area contributed by atoms with Crippen LogP contribution in [0, 0.1) is 11.8 Å². The maximum Gasteiger partial charge on any atom is 0.0937 e. The lowest BCUT2D eigenvalue weighted by atomic mass is 9.71. The highest BCUT2D eigenvalue weighted by atomic mass is 16.3. The maximum atomic E-state index is 5.31. The van der Waals surface area contributed by atoms with Crippen molar-refractivity contribution in [2.24, 2.45) is 11.8 Å². The number of hydrogen-bond acceptors (Lipinski definition) is 2. The molecule has 3 unspecified atom stereocenters. The van der Waals surface area contributed by atoms with Crippen LogP contribution in [0.1, 0.15) is 64.9 Å². The second kappa shape index (κ2) is 6.13. The molecule has 0 spiro atoms. The Morgan fingerprint density at radius 3 is 2.68 bits per heavy atom. The fourth-order valence-electron chi connectivity index (χ4n) is 3.27. The standard InChI is InChI=1S/C17H29NO/c1-5-13-6-7-14(11-18-17(2,3)4)16(10-13)15-8-9-19-12-15/h8-9,12-14,16,18H,5-7,10-11H2,1-4H3. The van der Waals surface area contributed by atoms with Crippen molar-refractivity contribution in [2.45, 2.75) is 64.8 Å². The molecule has 1 heterocycles. The van der Waals surface area contributed by atoms with E-state index in [1.165, 1.54) is 31.2 Å². The summed E-state index contributed by atoms with van der Waals surface area (Å²) < 4.78 is 5.31. The van der Waals surface area contributed by atoms with E-state index in [2.05, 4.69) is 39.1 Å². The summed E-state index contributed by atoms with van der Waals surface area (Å²) in [4.78, 5) is 0. The number of furan rings is 1. The van der Waals surface area contributed by atoms with Crippen molar-refractivity contribution >= 4 is 0 Å². The molecule has 0 radical (unpaired) electrons. The van der Waals surface area contributed by atoms with Crippen molar-refractivity contribution in [2.75, 3.05) is 6.54 Å². The zero-order chi connectivity index (χ0) is 13.9. The molecule has 1 aliphatic carbocycles. The minimum atomic E-state index is 0.211. The second-order valence-electron chi connectivity index (χ2n) is 7.14. The Balaban J connectivity index is 2.03. The molecule has 108 valence electrons. The Labute approximate surface area is 118 Å². The van der Waals surface area contributed by atoms with Crippen LogP contribution >= 0.6 is 0 Å². The molecule has 0 amide bonds. The van der Waals surface area contributed by atoms with E-state index in [1.54, 1.807) is 0 Å². The van der Waals surface area contributed by atoms with Crippen LogP contribution in [0.15, 0.2) is 23.0 Å². The summed E-state index contributed by atoms with van der Waals surface area (Å²) >= 11 is 0. The molecule has 0 aliphatic heterocycles. The molecule has 2 heteroatoms. The first-order valence-corrected chi connectivity index (χ1v) is 7.76. The second-order valence-corrected chi connectivity index (χ2v) is 7.14. The van der Waals surface area contributed by atoms with Crippen molar-refractivity contribution < 1.29 is 4.42 Å². The van der Waals surface area contributed by atoms with Crippen LogP contribution in [0.2, 0.25) is 0 Å². The average Bonchev–Trinajstić information content (AvgIpc) is 2.89. The predicted molar refractivity (Wildman–Crippen MR) is 80.3 cm³/mol. The third-order valence-corrected chi connectivity index (χ3v) is 4.55. The Morgan fingerprint density at radius 2 is 2.11 bits per heavy atom. The Hall–Kier alpha value is -0.760. The Bertz CT molecular complexity index is 363. The predicted octanol–water partition coefficient (Wildman–Crippen LogP) is 4.58. The lowest BCUT2D eigenvalue weighted by Gasteiger charge is -2.37. The molecular weight excluding hydrogens is 234 g/mol. The number of nitrogens with one attached hydrogen (secondary N) is 1. The molecule has 2 nitrogen and oxygen atoms in total. The molecule has 1 aromatic rings. The van der Waals surface area contributed by atoms with Gasteiger partial charge in [-0.3, -0.25) is 0 Å². The molecule has 3 atom stereocenters. The van der Waals surface area contributed by atoms with Gasteiger partial charge in [0.1, 0.15) is 0 Å². The van der Waals surface area contributed by atoms with Crippen molar-refractivity contribution in [3.05, 3.63) is 24.2 Å². The van der Waals surface area contributed by atoms with Crippen LogP contribution in [0.4, 0.5) is 0 Å². The quantitative estimate of drug-likeness (QED) is 0.860. The molecule has 0 aromatic carbocycles. The van der Waals surface area contributed by atoms with Crippen molar-refractivity contribution in [1.29, 1.82) is 0 Å². The Kier molecular flexibility index (Phi) is 4.72. The van der Waals surface area contributed by atoms with Crippen LogP contribution in [0.25, 0.3) is 0 Å². The molecule has 2 rings (SSSR count). The van der Waals surface area contributed by atoms with Gasteiger partial charge >= 0.3 is 0 Å². The lowest BCUT2D eigenvalue weighted by molar-refractivity contribution is 0.213. The Morgan fingerprint density at radius 1 is 1.32 bits per heavy atom. The molecule has 0 saturated heterocycles. The smallest absolute Gasteiger partial charge is 0.0937 e. The molecule has 19 heavy (non-hydrogen) atoms. The van der Waals surface area contributed by atoms with E-state index >= 15 is 0 Å². The summed E-state index contributed by atoms with van der Waals surface area (Å²) in [7, 11) is 0. The summed E-state index contributed by atoms with van der Waals surface area (Å²) in [5, 5.41) is 3.69. The van der Waals surface area contributed by atoms with E-state index in [0.717, 1.165) is 18.4 Å². The van der Waals surface area contributed by atoms with Crippen molar-refractivity contribution in [3.8, 4) is 0 Å². The lowest BCUT2D eigenvalue weighted by Crippen LogP contribution is -2.41. The zero-order valence-corrected chi connectivity index (χ0v) is 12.9. The highest BCUT2D eigenvalue weighted by Crippen LogP contribution is 2.41. The van der Waals surface area contributed by atoms with Gasteiger partial charge < -0.3 is 9.73 Å². The highest BCUT2D eigenvalue weighted by Gasteiger charge is 2.31. The molecule has 1 aliphatic rings. The van der Waals surface area contributed by atoms with Crippen LogP contribution in [-0.4, -0.2) is 12.1 Å². The number of rotatable bonds is 4. The van der Waals surface area contributed by atoms with Gasteiger partial charge in [0.2, 0.25) is 0 Å². The first-order valence-electron chi connectivity index (χ1n) is 7.76. The van der Waals surface area contributed by atoms with Gasteiger partial charge in [-0.25, -0.2) is 0 Å².